The first-order chi connectivity index (χ1) is 8.31. The largest absolute Gasteiger partial charge is 0.496 e. The lowest BCUT2D eigenvalue weighted by molar-refractivity contribution is -0.0195. The van der Waals surface area contributed by atoms with Crippen LogP contribution in [0.2, 0.25) is 0 Å². The fourth-order valence-corrected chi connectivity index (χ4v) is 2.30. The highest BCUT2D eigenvalue weighted by Gasteiger charge is 2.19. The van der Waals surface area contributed by atoms with Gasteiger partial charge in [0.05, 0.1) is 19.3 Å². The van der Waals surface area contributed by atoms with Gasteiger partial charge < -0.3 is 14.8 Å². The Morgan fingerprint density at radius 2 is 1.94 bits per heavy atom. The molecule has 0 spiro atoms. The van der Waals surface area contributed by atoms with Gasteiger partial charge in [0.25, 0.3) is 0 Å². The standard InChI is InChI=1S/C14H21NO2/c1-11(17-12-7-9-15-10-8-12)13-5-3-4-6-14(13)16-2/h3-6,11-12,15H,7-10H2,1-2H3. The minimum absolute atomic E-state index is 0.0919. The normalized spacial score (nSPS) is 18.9. The number of para-hydroxylation sites is 1. The number of piperidine rings is 1. The molecule has 1 unspecified atom stereocenters. The molecule has 17 heavy (non-hydrogen) atoms. The van der Waals surface area contributed by atoms with Crippen LogP contribution in [0.3, 0.4) is 0 Å². The van der Waals surface area contributed by atoms with Gasteiger partial charge in [-0.1, -0.05) is 18.2 Å². The molecule has 94 valence electrons. The summed E-state index contributed by atoms with van der Waals surface area (Å²) in [6, 6.07) is 8.07. The maximum Gasteiger partial charge on any atom is 0.124 e. The van der Waals surface area contributed by atoms with E-state index in [1.54, 1.807) is 7.11 Å². The van der Waals surface area contributed by atoms with Gasteiger partial charge in [-0.2, -0.15) is 0 Å². The zero-order chi connectivity index (χ0) is 12.1. The highest BCUT2D eigenvalue weighted by atomic mass is 16.5. The monoisotopic (exact) mass is 235 g/mol. The molecule has 3 heteroatoms. The molecule has 3 nitrogen and oxygen atoms in total. The average Bonchev–Trinajstić information content (AvgIpc) is 2.40. The van der Waals surface area contributed by atoms with Crippen LogP contribution in [0, 0.1) is 0 Å². The molecule has 0 aliphatic carbocycles. The van der Waals surface area contributed by atoms with Crippen molar-refractivity contribution in [2.45, 2.75) is 32.0 Å². The van der Waals surface area contributed by atoms with Crippen LogP contribution in [0.25, 0.3) is 0 Å². The van der Waals surface area contributed by atoms with Crippen molar-refractivity contribution < 1.29 is 9.47 Å². The summed E-state index contributed by atoms with van der Waals surface area (Å²) in [5.41, 5.74) is 1.13. The molecule has 0 amide bonds. The summed E-state index contributed by atoms with van der Waals surface area (Å²) >= 11 is 0. The van der Waals surface area contributed by atoms with E-state index in [9.17, 15) is 0 Å². The molecule has 1 aromatic rings. The van der Waals surface area contributed by atoms with Crippen LogP contribution in [0.4, 0.5) is 0 Å². The van der Waals surface area contributed by atoms with E-state index in [4.69, 9.17) is 9.47 Å². The van der Waals surface area contributed by atoms with Crippen molar-refractivity contribution in [3.05, 3.63) is 29.8 Å². The number of hydrogen-bond acceptors (Lipinski definition) is 3. The van der Waals surface area contributed by atoms with Crippen LogP contribution < -0.4 is 10.1 Å². The van der Waals surface area contributed by atoms with E-state index in [2.05, 4.69) is 18.3 Å². The predicted octanol–water partition coefficient (Wildman–Crippen LogP) is 2.52. The Balaban J connectivity index is 2.00. The average molecular weight is 235 g/mol. The van der Waals surface area contributed by atoms with Gasteiger partial charge in [-0.15, -0.1) is 0 Å². The fourth-order valence-electron chi connectivity index (χ4n) is 2.30. The van der Waals surface area contributed by atoms with Gasteiger partial charge in [-0.3, -0.25) is 0 Å². The Bertz CT molecular complexity index is 348. The van der Waals surface area contributed by atoms with Crippen molar-refractivity contribution in [1.29, 1.82) is 0 Å². The second kappa shape index (κ2) is 6.03. The van der Waals surface area contributed by atoms with Gasteiger partial charge in [-0.05, 0) is 38.9 Å². The number of hydrogen-bond donors (Lipinski definition) is 1. The van der Waals surface area contributed by atoms with Gasteiger partial charge in [0.2, 0.25) is 0 Å². The SMILES string of the molecule is COc1ccccc1C(C)OC1CCNCC1. The first-order valence-corrected chi connectivity index (χ1v) is 6.30. The van der Waals surface area contributed by atoms with Gasteiger partial charge in [0.1, 0.15) is 5.75 Å². The highest BCUT2D eigenvalue weighted by molar-refractivity contribution is 5.34. The summed E-state index contributed by atoms with van der Waals surface area (Å²) in [6.45, 7) is 4.21. The van der Waals surface area contributed by atoms with Gasteiger partial charge >= 0.3 is 0 Å². The molecular weight excluding hydrogens is 214 g/mol. The molecule has 0 saturated carbocycles. The Hall–Kier alpha value is -1.06. The third-order valence-electron chi connectivity index (χ3n) is 3.26. The molecule has 1 saturated heterocycles. The molecule has 2 rings (SSSR count). The summed E-state index contributed by atoms with van der Waals surface area (Å²) < 4.78 is 11.5. The van der Waals surface area contributed by atoms with Crippen molar-refractivity contribution in [1.82, 2.24) is 5.32 Å². The summed E-state index contributed by atoms with van der Waals surface area (Å²) in [5.74, 6) is 0.911. The quantitative estimate of drug-likeness (QED) is 0.870. The van der Waals surface area contributed by atoms with E-state index < -0.39 is 0 Å². The lowest BCUT2D eigenvalue weighted by atomic mass is 10.1. The third-order valence-corrected chi connectivity index (χ3v) is 3.26. The van der Waals surface area contributed by atoms with E-state index in [-0.39, 0.29) is 6.10 Å². The molecular formula is C14H21NO2. The molecule has 1 aliphatic rings. The topological polar surface area (TPSA) is 30.5 Å². The Labute approximate surface area is 103 Å². The summed E-state index contributed by atoms with van der Waals surface area (Å²) in [7, 11) is 1.70. The number of nitrogens with one attached hydrogen (secondary N) is 1. The second-order valence-electron chi connectivity index (χ2n) is 4.47. The molecule has 1 fully saturated rings. The number of benzene rings is 1. The Morgan fingerprint density at radius 3 is 2.65 bits per heavy atom. The molecule has 1 aliphatic heterocycles. The number of ether oxygens (including phenoxy) is 2. The zero-order valence-corrected chi connectivity index (χ0v) is 10.6. The maximum atomic E-state index is 6.10. The smallest absolute Gasteiger partial charge is 0.124 e. The van der Waals surface area contributed by atoms with Crippen LogP contribution in [0.15, 0.2) is 24.3 Å². The summed E-state index contributed by atoms with van der Waals surface area (Å²) in [6.07, 6.45) is 2.66. The van der Waals surface area contributed by atoms with Crippen molar-refractivity contribution >= 4 is 0 Å². The van der Waals surface area contributed by atoms with Gasteiger partial charge in [-0.25, -0.2) is 0 Å². The Kier molecular flexibility index (Phi) is 4.40. The van der Waals surface area contributed by atoms with Crippen molar-refractivity contribution in [3.8, 4) is 5.75 Å². The number of methoxy groups -OCH3 is 1. The first-order valence-electron chi connectivity index (χ1n) is 6.30. The van der Waals surface area contributed by atoms with Crippen molar-refractivity contribution in [3.63, 3.8) is 0 Å². The van der Waals surface area contributed by atoms with Gasteiger partial charge in [0, 0.05) is 5.56 Å². The molecule has 0 radical (unpaired) electrons. The third kappa shape index (κ3) is 3.20. The lowest BCUT2D eigenvalue weighted by Gasteiger charge is -2.27. The maximum absolute atomic E-state index is 6.10. The van der Waals surface area contributed by atoms with E-state index in [1.807, 2.05) is 18.2 Å². The molecule has 0 aromatic heterocycles. The second-order valence-corrected chi connectivity index (χ2v) is 4.47. The minimum Gasteiger partial charge on any atom is -0.496 e. The summed E-state index contributed by atoms with van der Waals surface area (Å²) in [5, 5.41) is 3.35. The predicted molar refractivity (Wildman–Crippen MR) is 68.4 cm³/mol. The lowest BCUT2D eigenvalue weighted by Crippen LogP contribution is -2.33. The van der Waals surface area contributed by atoms with Gasteiger partial charge in [0.15, 0.2) is 0 Å². The van der Waals surface area contributed by atoms with Crippen LogP contribution in [0.5, 0.6) is 5.75 Å². The molecule has 1 heterocycles. The highest BCUT2D eigenvalue weighted by Crippen LogP contribution is 2.29. The zero-order valence-electron chi connectivity index (χ0n) is 10.6. The van der Waals surface area contributed by atoms with E-state index >= 15 is 0 Å². The van der Waals surface area contributed by atoms with Crippen LogP contribution in [0.1, 0.15) is 31.4 Å². The van der Waals surface area contributed by atoms with E-state index in [0.717, 1.165) is 37.2 Å². The fraction of sp³-hybridized carbons (Fsp3) is 0.571. The minimum atomic E-state index is 0.0919. The van der Waals surface area contributed by atoms with Crippen molar-refractivity contribution in [2.75, 3.05) is 20.2 Å². The molecule has 1 aromatic carbocycles. The Morgan fingerprint density at radius 1 is 1.24 bits per heavy atom. The van der Waals surface area contributed by atoms with E-state index in [0.29, 0.717) is 6.10 Å². The van der Waals surface area contributed by atoms with Crippen LogP contribution in [-0.4, -0.2) is 26.3 Å². The molecule has 1 atom stereocenters. The molecule has 0 bridgehead atoms. The van der Waals surface area contributed by atoms with E-state index in [1.165, 1.54) is 0 Å². The molecule has 1 N–H and O–H groups in total. The van der Waals surface area contributed by atoms with Crippen LogP contribution >= 0.6 is 0 Å². The van der Waals surface area contributed by atoms with Crippen LogP contribution in [-0.2, 0) is 4.74 Å². The number of rotatable bonds is 4. The first kappa shape index (κ1) is 12.4. The van der Waals surface area contributed by atoms with Crippen molar-refractivity contribution in [2.24, 2.45) is 0 Å². The summed E-state index contributed by atoms with van der Waals surface area (Å²) in [4.78, 5) is 0.